The van der Waals surface area contributed by atoms with Crippen LogP contribution >= 0.6 is 38.9 Å². The number of hydrogen-bond donors (Lipinski definition) is 1. The van der Waals surface area contributed by atoms with Crippen LogP contribution in [0.15, 0.2) is 39.5 Å². The first-order valence-corrected chi connectivity index (χ1v) is 6.52. The van der Waals surface area contributed by atoms with Crippen LogP contribution in [0.5, 0.6) is 0 Å². The minimum absolute atomic E-state index is 0.121. The lowest BCUT2D eigenvalue weighted by Gasteiger charge is -2.12. The quantitative estimate of drug-likeness (QED) is 0.883. The summed E-state index contributed by atoms with van der Waals surface area (Å²) in [6, 6.07) is 7.57. The number of thiophene rings is 1. The van der Waals surface area contributed by atoms with Crippen molar-refractivity contribution >= 4 is 38.9 Å². The van der Waals surface area contributed by atoms with E-state index in [0.29, 0.717) is 5.02 Å². The number of rotatable bonds is 2. The maximum absolute atomic E-state index is 6.15. The summed E-state index contributed by atoms with van der Waals surface area (Å²) in [4.78, 5) is 0. The Hall–Kier alpha value is -0.350. The Kier molecular flexibility index (Phi) is 3.46. The Labute approximate surface area is 106 Å². The topological polar surface area (TPSA) is 26.0 Å². The molecule has 0 saturated heterocycles. The Morgan fingerprint density at radius 2 is 2.13 bits per heavy atom. The van der Waals surface area contributed by atoms with Gasteiger partial charge in [0.2, 0.25) is 0 Å². The van der Waals surface area contributed by atoms with Gasteiger partial charge in [-0.3, -0.25) is 0 Å². The van der Waals surface area contributed by atoms with Gasteiger partial charge in [-0.1, -0.05) is 27.5 Å². The molecular formula is C11H9BrClNS. The van der Waals surface area contributed by atoms with E-state index in [4.69, 9.17) is 17.3 Å². The summed E-state index contributed by atoms with van der Waals surface area (Å²) in [6.07, 6.45) is 0. The Balaban J connectivity index is 2.41. The highest BCUT2D eigenvalue weighted by Gasteiger charge is 2.12. The van der Waals surface area contributed by atoms with Gasteiger partial charge in [-0.25, -0.2) is 0 Å². The van der Waals surface area contributed by atoms with Crippen LogP contribution in [-0.2, 0) is 0 Å². The molecular weight excluding hydrogens is 294 g/mol. The van der Waals surface area contributed by atoms with Gasteiger partial charge < -0.3 is 5.73 Å². The summed E-state index contributed by atoms with van der Waals surface area (Å²) in [7, 11) is 0. The second-order valence-corrected chi connectivity index (χ2v) is 5.27. The molecule has 1 heterocycles. The number of benzene rings is 1. The zero-order valence-electron chi connectivity index (χ0n) is 7.78. The molecule has 15 heavy (non-hydrogen) atoms. The van der Waals surface area contributed by atoms with Crippen molar-refractivity contribution in [3.8, 4) is 0 Å². The van der Waals surface area contributed by atoms with Gasteiger partial charge >= 0.3 is 0 Å². The highest BCUT2D eigenvalue weighted by Crippen LogP contribution is 2.30. The SMILES string of the molecule is N[C@H](c1ccsc1)c1cc(Cl)ccc1Br. The van der Waals surface area contributed by atoms with E-state index in [1.807, 2.05) is 29.6 Å². The molecule has 78 valence electrons. The van der Waals surface area contributed by atoms with Crippen molar-refractivity contribution in [2.45, 2.75) is 6.04 Å². The third-order valence-electron chi connectivity index (χ3n) is 2.20. The third-order valence-corrected chi connectivity index (χ3v) is 3.85. The van der Waals surface area contributed by atoms with E-state index >= 15 is 0 Å². The molecule has 0 unspecified atom stereocenters. The second-order valence-electron chi connectivity index (χ2n) is 3.20. The molecule has 0 aliphatic carbocycles. The molecule has 0 saturated carbocycles. The van der Waals surface area contributed by atoms with Crippen LogP contribution in [0.2, 0.25) is 5.02 Å². The van der Waals surface area contributed by atoms with Crippen molar-refractivity contribution in [3.63, 3.8) is 0 Å². The Morgan fingerprint density at radius 3 is 2.80 bits per heavy atom. The predicted octanol–water partition coefficient (Wildman–Crippen LogP) is 4.21. The first kappa shape index (κ1) is 11.1. The standard InChI is InChI=1S/C11H9BrClNS/c12-10-2-1-8(13)5-9(10)11(14)7-3-4-15-6-7/h1-6,11H,14H2/t11-/m1/s1. The first-order valence-electron chi connectivity index (χ1n) is 4.41. The number of nitrogens with two attached hydrogens (primary N) is 1. The second kappa shape index (κ2) is 4.66. The van der Waals surface area contributed by atoms with Crippen LogP contribution < -0.4 is 5.73 Å². The van der Waals surface area contributed by atoms with E-state index in [1.165, 1.54) is 0 Å². The average molecular weight is 303 g/mol. The zero-order valence-corrected chi connectivity index (χ0v) is 10.9. The van der Waals surface area contributed by atoms with E-state index in [2.05, 4.69) is 21.3 Å². The monoisotopic (exact) mass is 301 g/mol. The summed E-state index contributed by atoms with van der Waals surface area (Å²) < 4.78 is 0.991. The van der Waals surface area contributed by atoms with Crippen LogP contribution in [0.25, 0.3) is 0 Å². The normalized spacial score (nSPS) is 12.7. The molecule has 0 aliphatic rings. The fourth-order valence-corrected chi connectivity index (χ4v) is 2.75. The molecule has 2 rings (SSSR count). The van der Waals surface area contributed by atoms with Crippen molar-refractivity contribution in [1.82, 2.24) is 0 Å². The van der Waals surface area contributed by atoms with Crippen molar-refractivity contribution in [3.05, 3.63) is 55.6 Å². The largest absolute Gasteiger partial charge is 0.320 e. The van der Waals surface area contributed by atoms with E-state index < -0.39 is 0 Å². The van der Waals surface area contributed by atoms with Gasteiger partial charge in [0.15, 0.2) is 0 Å². The highest BCUT2D eigenvalue weighted by atomic mass is 79.9. The van der Waals surface area contributed by atoms with E-state index in [-0.39, 0.29) is 6.04 Å². The summed E-state index contributed by atoms with van der Waals surface area (Å²) in [6.45, 7) is 0. The lowest BCUT2D eigenvalue weighted by molar-refractivity contribution is 0.871. The fraction of sp³-hybridized carbons (Fsp3) is 0.0909. The predicted molar refractivity (Wildman–Crippen MR) is 69.5 cm³/mol. The first-order chi connectivity index (χ1) is 7.18. The average Bonchev–Trinajstić information content (AvgIpc) is 2.74. The maximum atomic E-state index is 6.15. The summed E-state index contributed by atoms with van der Waals surface area (Å²) in [5, 5.41) is 4.78. The lowest BCUT2D eigenvalue weighted by atomic mass is 10.0. The molecule has 1 aromatic heterocycles. The lowest BCUT2D eigenvalue weighted by Crippen LogP contribution is -2.11. The van der Waals surface area contributed by atoms with Gasteiger partial charge in [-0.05, 0) is 46.2 Å². The molecule has 0 spiro atoms. The van der Waals surface area contributed by atoms with Crippen LogP contribution in [0, 0.1) is 0 Å². The molecule has 0 radical (unpaired) electrons. The van der Waals surface area contributed by atoms with Gasteiger partial charge in [0.05, 0.1) is 6.04 Å². The van der Waals surface area contributed by atoms with Crippen LogP contribution in [0.3, 0.4) is 0 Å². The van der Waals surface area contributed by atoms with Crippen LogP contribution in [-0.4, -0.2) is 0 Å². The molecule has 1 nitrogen and oxygen atoms in total. The third kappa shape index (κ3) is 2.42. The zero-order chi connectivity index (χ0) is 10.8. The van der Waals surface area contributed by atoms with Gasteiger partial charge in [-0.2, -0.15) is 11.3 Å². The Morgan fingerprint density at radius 1 is 1.33 bits per heavy atom. The van der Waals surface area contributed by atoms with Gasteiger partial charge in [-0.15, -0.1) is 0 Å². The van der Waals surface area contributed by atoms with Gasteiger partial charge in [0.25, 0.3) is 0 Å². The van der Waals surface area contributed by atoms with Crippen molar-refractivity contribution < 1.29 is 0 Å². The summed E-state index contributed by atoms with van der Waals surface area (Å²) >= 11 is 11.1. The molecule has 2 N–H and O–H groups in total. The molecule has 2 aromatic rings. The molecule has 4 heteroatoms. The van der Waals surface area contributed by atoms with E-state index in [9.17, 15) is 0 Å². The number of hydrogen-bond acceptors (Lipinski definition) is 2. The molecule has 0 bridgehead atoms. The van der Waals surface area contributed by atoms with Gasteiger partial charge in [0, 0.05) is 9.50 Å². The van der Waals surface area contributed by atoms with Crippen LogP contribution in [0.4, 0.5) is 0 Å². The molecule has 0 aliphatic heterocycles. The smallest absolute Gasteiger partial charge is 0.0571 e. The summed E-state index contributed by atoms with van der Waals surface area (Å²) in [5.41, 5.74) is 8.28. The van der Waals surface area contributed by atoms with E-state index in [1.54, 1.807) is 11.3 Å². The van der Waals surface area contributed by atoms with E-state index in [0.717, 1.165) is 15.6 Å². The highest BCUT2D eigenvalue weighted by molar-refractivity contribution is 9.10. The Bertz CT molecular complexity index is 456. The van der Waals surface area contributed by atoms with Crippen molar-refractivity contribution in [2.24, 2.45) is 5.73 Å². The van der Waals surface area contributed by atoms with Crippen molar-refractivity contribution in [2.75, 3.05) is 0 Å². The van der Waals surface area contributed by atoms with Gasteiger partial charge in [0.1, 0.15) is 0 Å². The molecule has 0 fully saturated rings. The molecule has 1 atom stereocenters. The van der Waals surface area contributed by atoms with Crippen molar-refractivity contribution in [1.29, 1.82) is 0 Å². The molecule has 1 aromatic carbocycles. The number of halogens is 2. The van der Waals surface area contributed by atoms with Crippen LogP contribution in [0.1, 0.15) is 17.2 Å². The molecule has 0 amide bonds. The maximum Gasteiger partial charge on any atom is 0.0571 e. The minimum Gasteiger partial charge on any atom is -0.320 e. The minimum atomic E-state index is -0.121. The fourth-order valence-electron chi connectivity index (χ4n) is 1.38. The summed E-state index contributed by atoms with van der Waals surface area (Å²) in [5.74, 6) is 0.